The molecule has 0 aliphatic carbocycles. The summed E-state index contributed by atoms with van der Waals surface area (Å²) in [6.07, 6.45) is 3.55. The highest BCUT2D eigenvalue weighted by Gasteiger charge is 2.30. The Morgan fingerprint density at radius 3 is 2.69 bits per heavy atom. The highest BCUT2D eigenvalue weighted by atomic mass is 32.2. The summed E-state index contributed by atoms with van der Waals surface area (Å²) in [4.78, 5) is 12.7. The van der Waals surface area contributed by atoms with Gasteiger partial charge in [-0.3, -0.25) is 9.10 Å². The second kappa shape index (κ2) is 9.75. The fraction of sp³-hybridized carbons (Fsp3) is 0.292. The van der Waals surface area contributed by atoms with Gasteiger partial charge in [-0.05, 0) is 78.7 Å². The van der Waals surface area contributed by atoms with E-state index in [0.29, 0.717) is 34.3 Å². The molecule has 168 valence electrons. The van der Waals surface area contributed by atoms with Gasteiger partial charge in [0.15, 0.2) is 0 Å². The lowest BCUT2D eigenvalue weighted by Crippen LogP contribution is -2.35. The number of unbranched alkanes of at least 4 members (excludes halogenated alkanes) is 1. The number of aryl methyl sites for hydroxylation is 1. The molecule has 1 amide bonds. The Morgan fingerprint density at radius 1 is 1.16 bits per heavy atom. The van der Waals surface area contributed by atoms with Crippen LogP contribution < -0.4 is 14.4 Å². The third-order valence-corrected chi connectivity index (χ3v) is 8.52. The number of benzene rings is 2. The molecule has 2 heterocycles. The molecule has 8 heteroatoms. The van der Waals surface area contributed by atoms with Crippen molar-refractivity contribution in [1.82, 2.24) is 0 Å². The van der Waals surface area contributed by atoms with Crippen LogP contribution in [0.4, 0.5) is 11.4 Å². The number of amides is 1. The van der Waals surface area contributed by atoms with E-state index in [-0.39, 0.29) is 5.91 Å². The molecule has 3 aromatic rings. The Kier molecular flexibility index (Phi) is 6.81. The van der Waals surface area contributed by atoms with Crippen molar-refractivity contribution >= 4 is 38.6 Å². The van der Waals surface area contributed by atoms with Crippen LogP contribution in [-0.4, -0.2) is 27.5 Å². The van der Waals surface area contributed by atoms with Crippen molar-refractivity contribution in [3.63, 3.8) is 0 Å². The van der Waals surface area contributed by atoms with Gasteiger partial charge >= 0.3 is 0 Å². The highest BCUT2D eigenvalue weighted by molar-refractivity contribution is 7.94. The van der Waals surface area contributed by atoms with Gasteiger partial charge in [-0.2, -0.15) is 0 Å². The lowest BCUT2D eigenvalue weighted by atomic mass is 10.0. The standard InChI is InChI=1S/C24H26N2O4S2/c1-2-3-15-30-21-11-8-18(9-12-21)24(27)25-20-10-13-22-19(17-20)6-4-14-26(22)32(28,29)23-7-5-16-31-23/h5,7-13,16-17H,2-4,6,14-15H2,1H3,(H,25,27). The topological polar surface area (TPSA) is 75.7 Å². The number of nitrogens with zero attached hydrogens (tertiary/aromatic N) is 1. The minimum absolute atomic E-state index is 0.219. The number of ether oxygens (including phenoxy) is 1. The zero-order valence-electron chi connectivity index (χ0n) is 17.9. The van der Waals surface area contributed by atoms with Crippen molar-refractivity contribution in [2.75, 3.05) is 22.8 Å². The summed E-state index contributed by atoms with van der Waals surface area (Å²) in [6, 6.07) is 15.8. The van der Waals surface area contributed by atoms with Gasteiger partial charge < -0.3 is 10.1 Å². The molecule has 0 atom stereocenters. The molecular weight excluding hydrogens is 444 g/mol. The summed E-state index contributed by atoms with van der Waals surface area (Å²) >= 11 is 1.22. The smallest absolute Gasteiger partial charge is 0.273 e. The van der Waals surface area contributed by atoms with Gasteiger partial charge in [0.1, 0.15) is 9.96 Å². The summed E-state index contributed by atoms with van der Waals surface area (Å²) in [6.45, 7) is 3.22. The van der Waals surface area contributed by atoms with Crippen molar-refractivity contribution in [1.29, 1.82) is 0 Å². The predicted molar refractivity (Wildman–Crippen MR) is 128 cm³/mol. The Morgan fingerprint density at radius 2 is 1.97 bits per heavy atom. The van der Waals surface area contributed by atoms with Crippen molar-refractivity contribution in [2.24, 2.45) is 0 Å². The zero-order valence-corrected chi connectivity index (χ0v) is 19.5. The number of carbonyl (C=O) groups is 1. The Balaban J connectivity index is 1.48. The molecule has 1 aliphatic rings. The second-order valence-electron chi connectivity index (χ2n) is 7.64. The molecule has 1 aromatic heterocycles. The Labute approximate surface area is 192 Å². The molecule has 0 saturated carbocycles. The first-order valence-electron chi connectivity index (χ1n) is 10.7. The number of nitrogens with one attached hydrogen (secondary N) is 1. The molecule has 0 fully saturated rings. The molecular formula is C24H26N2O4S2. The number of fused-ring (bicyclic) bond motifs is 1. The summed E-state index contributed by atoms with van der Waals surface area (Å²) in [5.41, 5.74) is 2.77. The fourth-order valence-corrected chi connectivity index (χ4v) is 6.29. The maximum absolute atomic E-state index is 13.0. The first-order valence-corrected chi connectivity index (χ1v) is 13.0. The van der Waals surface area contributed by atoms with Gasteiger partial charge in [-0.25, -0.2) is 8.42 Å². The van der Waals surface area contributed by atoms with Gasteiger partial charge in [0.2, 0.25) is 0 Å². The average Bonchev–Trinajstić information content (AvgIpc) is 3.35. The number of sulfonamides is 1. The summed E-state index contributed by atoms with van der Waals surface area (Å²) in [5, 5.41) is 4.68. The number of carbonyl (C=O) groups excluding carboxylic acids is 1. The van der Waals surface area contributed by atoms with Crippen LogP contribution in [0.25, 0.3) is 0 Å². The molecule has 0 saturated heterocycles. The van der Waals surface area contributed by atoms with Crippen molar-refractivity contribution in [3.8, 4) is 5.75 Å². The van der Waals surface area contributed by atoms with Gasteiger partial charge in [-0.15, -0.1) is 11.3 Å². The van der Waals surface area contributed by atoms with Crippen molar-refractivity contribution in [2.45, 2.75) is 36.8 Å². The maximum atomic E-state index is 13.0. The van der Waals surface area contributed by atoms with Gasteiger partial charge in [0.05, 0.1) is 12.3 Å². The van der Waals surface area contributed by atoms with Gasteiger partial charge in [0, 0.05) is 17.8 Å². The zero-order chi connectivity index (χ0) is 22.6. The third-order valence-electron chi connectivity index (χ3n) is 5.34. The molecule has 1 aliphatic heterocycles. The number of anilines is 2. The van der Waals surface area contributed by atoms with E-state index in [9.17, 15) is 13.2 Å². The third kappa shape index (κ3) is 4.81. The Bertz CT molecular complexity index is 1170. The highest BCUT2D eigenvalue weighted by Crippen LogP contribution is 2.35. The molecule has 32 heavy (non-hydrogen) atoms. The number of thiophene rings is 1. The van der Waals surface area contributed by atoms with Crippen molar-refractivity contribution < 1.29 is 17.9 Å². The van der Waals surface area contributed by atoms with E-state index in [4.69, 9.17) is 4.74 Å². The quantitative estimate of drug-likeness (QED) is 0.452. The molecule has 0 bridgehead atoms. The molecule has 6 nitrogen and oxygen atoms in total. The van der Waals surface area contributed by atoms with Gasteiger partial charge in [-0.1, -0.05) is 19.4 Å². The van der Waals surface area contributed by atoms with E-state index in [1.165, 1.54) is 15.6 Å². The Hall–Kier alpha value is -2.84. The van der Waals surface area contributed by atoms with E-state index < -0.39 is 10.0 Å². The van der Waals surface area contributed by atoms with E-state index in [1.54, 1.807) is 53.9 Å². The van der Waals surface area contributed by atoms with Crippen molar-refractivity contribution in [3.05, 3.63) is 71.1 Å². The summed E-state index contributed by atoms with van der Waals surface area (Å²) in [5.74, 6) is 0.528. The van der Waals surface area contributed by atoms with Crippen LogP contribution in [0.2, 0.25) is 0 Å². The van der Waals surface area contributed by atoms with Crippen LogP contribution in [0.1, 0.15) is 42.1 Å². The molecule has 0 spiro atoms. The SMILES string of the molecule is CCCCOc1ccc(C(=O)Nc2ccc3c(c2)CCCN3S(=O)(=O)c2cccs2)cc1. The molecule has 2 aromatic carbocycles. The van der Waals surface area contributed by atoms with E-state index in [2.05, 4.69) is 12.2 Å². The normalized spacial score (nSPS) is 13.5. The van der Waals surface area contributed by atoms with Crippen LogP contribution in [0.5, 0.6) is 5.75 Å². The maximum Gasteiger partial charge on any atom is 0.273 e. The summed E-state index contributed by atoms with van der Waals surface area (Å²) in [7, 11) is -3.57. The molecule has 4 rings (SSSR count). The van der Waals surface area contributed by atoms with E-state index in [0.717, 1.165) is 37.0 Å². The fourth-order valence-electron chi connectivity index (χ4n) is 3.65. The first-order chi connectivity index (χ1) is 15.5. The van der Waals surface area contributed by atoms with Crippen LogP contribution in [0.15, 0.2) is 64.2 Å². The van der Waals surface area contributed by atoms with E-state index in [1.807, 2.05) is 6.07 Å². The monoisotopic (exact) mass is 470 g/mol. The second-order valence-corrected chi connectivity index (χ2v) is 10.7. The summed E-state index contributed by atoms with van der Waals surface area (Å²) < 4.78 is 33.5. The lowest BCUT2D eigenvalue weighted by Gasteiger charge is -2.30. The minimum atomic E-state index is -3.57. The minimum Gasteiger partial charge on any atom is -0.494 e. The largest absolute Gasteiger partial charge is 0.494 e. The van der Waals surface area contributed by atoms with Crippen LogP contribution in [-0.2, 0) is 16.4 Å². The van der Waals surface area contributed by atoms with E-state index >= 15 is 0 Å². The molecule has 0 unspecified atom stereocenters. The van der Waals surface area contributed by atoms with Crippen LogP contribution >= 0.6 is 11.3 Å². The number of hydrogen-bond donors (Lipinski definition) is 1. The van der Waals surface area contributed by atoms with Crippen LogP contribution in [0.3, 0.4) is 0 Å². The van der Waals surface area contributed by atoms with Crippen LogP contribution in [0, 0.1) is 0 Å². The predicted octanol–water partition coefficient (Wildman–Crippen LogP) is 5.32. The average molecular weight is 471 g/mol. The lowest BCUT2D eigenvalue weighted by molar-refractivity contribution is 0.102. The first kappa shape index (κ1) is 22.4. The number of hydrogen-bond acceptors (Lipinski definition) is 5. The van der Waals surface area contributed by atoms with Gasteiger partial charge in [0.25, 0.3) is 15.9 Å². The molecule has 1 N–H and O–H groups in total. The molecule has 0 radical (unpaired) electrons. The number of rotatable bonds is 8.